The molecule has 0 saturated carbocycles. The second-order valence-corrected chi connectivity index (χ2v) is 4.10. The molecule has 0 bridgehead atoms. The molecule has 0 aromatic rings. The van der Waals surface area contributed by atoms with Gasteiger partial charge >= 0.3 is 23.9 Å². The maximum Gasteiger partial charge on any atom is 0.328 e. The van der Waals surface area contributed by atoms with Gasteiger partial charge in [-0.2, -0.15) is 0 Å². The summed E-state index contributed by atoms with van der Waals surface area (Å²) in [5, 5.41) is 13.4. The fourth-order valence-electron chi connectivity index (χ4n) is 1.34. The molecule has 9 heteroatoms. The summed E-state index contributed by atoms with van der Waals surface area (Å²) >= 11 is 0. The molecule has 2 amide bonds. The van der Waals surface area contributed by atoms with Crippen molar-refractivity contribution in [3.05, 3.63) is 0 Å². The van der Waals surface area contributed by atoms with E-state index in [9.17, 15) is 19.2 Å². The van der Waals surface area contributed by atoms with Crippen molar-refractivity contribution < 1.29 is 33.8 Å². The van der Waals surface area contributed by atoms with Crippen molar-refractivity contribution in [1.29, 1.82) is 0 Å². The SMILES string of the molecule is CCOC(=O)C(C)NC(=O)N[C@H](CCC(=O)OC)C(=O)O. The van der Waals surface area contributed by atoms with Crippen LogP contribution in [0.4, 0.5) is 4.79 Å². The first-order valence-electron chi connectivity index (χ1n) is 6.35. The normalized spacial score (nSPS) is 12.7. The zero-order chi connectivity index (χ0) is 16.4. The number of nitrogens with one attached hydrogen (secondary N) is 2. The van der Waals surface area contributed by atoms with Gasteiger partial charge in [0, 0.05) is 6.42 Å². The van der Waals surface area contributed by atoms with Gasteiger partial charge in [-0.25, -0.2) is 14.4 Å². The Kier molecular flexibility index (Phi) is 8.51. The minimum atomic E-state index is -1.29. The number of hydrogen-bond donors (Lipinski definition) is 3. The van der Waals surface area contributed by atoms with E-state index in [1.54, 1.807) is 6.92 Å². The van der Waals surface area contributed by atoms with Crippen LogP contribution in [0.2, 0.25) is 0 Å². The summed E-state index contributed by atoms with van der Waals surface area (Å²) in [4.78, 5) is 44.8. The first-order valence-corrected chi connectivity index (χ1v) is 6.35. The van der Waals surface area contributed by atoms with Crippen LogP contribution >= 0.6 is 0 Å². The number of ether oxygens (including phenoxy) is 2. The monoisotopic (exact) mass is 304 g/mol. The molecular weight excluding hydrogens is 284 g/mol. The van der Waals surface area contributed by atoms with Gasteiger partial charge in [0.25, 0.3) is 0 Å². The summed E-state index contributed by atoms with van der Waals surface area (Å²) in [7, 11) is 1.18. The third-order valence-corrected chi connectivity index (χ3v) is 2.46. The number of amides is 2. The lowest BCUT2D eigenvalue weighted by atomic mass is 10.1. The van der Waals surface area contributed by atoms with E-state index in [2.05, 4.69) is 15.4 Å². The van der Waals surface area contributed by atoms with Gasteiger partial charge in [-0.1, -0.05) is 0 Å². The van der Waals surface area contributed by atoms with Crippen LogP contribution in [0.3, 0.4) is 0 Å². The molecule has 120 valence electrons. The fraction of sp³-hybridized carbons (Fsp3) is 0.667. The first kappa shape index (κ1) is 18.7. The molecule has 0 aliphatic carbocycles. The van der Waals surface area contributed by atoms with Gasteiger partial charge in [0.15, 0.2) is 0 Å². The molecule has 3 N–H and O–H groups in total. The summed E-state index contributed by atoms with van der Waals surface area (Å²) in [6.07, 6.45) is -0.273. The highest BCUT2D eigenvalue weighted by Crippen LogP contribution is 2.00. The Labute approximate surface area is 122 Å². The highest BCUT2D eigenvalue weighted by atomic mass is 16.5. The number of rotatable bonds is 8. The molecule has 0 rings (SSSR count). The van der Waals surface area contributed by atoms with E-state index in [1.807, 2.05) is 0 Å². The molecular formula is C12H20N2O7. The number of hydrogen-bond acceptors (Lipinski definition) is 6. The van der Waals surface area contributed by atoms with Crippen LogP contribution in [-0.4, -0.2) is 54.8 Å². The Morgan fingerprint density at radius 3 is 2.29 bits per heavy atom. The number of esters is 2. The summed E-state index contributed by atoms with van der Waals surface area (Å²) in [5.41, 5.74) is 0. The predicted octanol–water partition coefficient (Wildman–Crippen LogP) is -0.356. The standard InChI is InChI=1S/C12H20N2O7/c1-4-21-11(18)7(2)13-12(19)14-8(10(16)17)5-6-9(15)20-3/h7-8H,4-6H2,1-3H3,(H,16,17)(H2,13,14,19)/t7?,8-/m1/s1. The van der Waals surface area contributed by atoms with Crippen LogP contribution in [0.5, 0.6) is 0 Å². The average molecular weight is 304 g/mol. The zero-order valence-corrected chi connectivity index (χ0v) is 12.2. The van der Waals surface area contributed by atoms with E-state index in [4.69, 9.17) is 9.84 Å². The number of carbonyl (C=O) groups is 4. The van der Waals surface area contributed by atoms with Crippen molar-refractivity contribution in [2.24, 2.45) is 0 Å². The summed E-state index contributed by atoms with van der Waals surface area (Å²) in [6, 6.07) is -3.02. The van der Waals surface area contributed by atoms with Crippen LogP contribution in [0.25, 0.3) is 0 Å². The second-order valence-electron chi connectivity index (χ2n) is 4.10. The number of urea groups is 1. The molecule has 0 saturated heterocycles. The lowest BCUT2D eigenvalue weighted by molar-refractivity contribution is -0.145. The number of methoxy groups -OCH3 is 1. The highest BCUT2D eigenvalue weighted by molar-refractivity contribution is 5.86. The zero-order valence-electron chi connectivity index (χ0n) is 12.2. The van der Waals surface area contributed by atoms with Gasteiger partial charge in [-0.15, -0.1) is 0 Å². The molecule has 21 heavy (non-hydrogen) atoms. The van der Waals surface area contributed by atoms with Crippen molar-refractivity contribution in [2.45, 2.75) is 38.8 Å². The van der Waals surface area contributed by atoms with E-state index in [0.29, 0.717) is 0 Å². The van der Waals surface area contributed by atoms with Crippen LogP contribution < -0.4 is 10.6 Å². The van der Waals surface area contributed by atoms with E-state index >= 15 is 0 Å². The van der Waals surface area contributed by atoms with E-state index in [-0.39, 0.29) is 19.4 Å². The lowest BCUT2D eigenvalue weighted by Crippen LogP contribution is -2.50. The first-order chi connectivity index (χ1) is 9.81. The van der Waals surface area contributed by atoms with Gasteiger partial charge < -0.3 is 25.2 Å². The molecule has 0 radical (unpaired) electrons. The van der Waals surface area contributed by atoms with Gasteiger partial charge in [0.05, 0.1) is 13.7 Å². The van der Waals surface area contributed by atoms with Crippen LogP contribution in [0.1, 0.15) is 26.7 Å². The molecule has 0 aromatic carbocycles. The molecule has 0 aliphatic heterocycles. The minimum absolute atomic E-state index is 0.122. The van der Waals surface area contributed by atoms with E-state index < -0.39 is 36.0 Å². The number of aliphatic carboxylic acids is 1. The number of carbonyl (C=O) groups excluding carboxylic acids is 3. The van der Waals surface area contributed by atoms with Gasteiger partial charge in [-0.05, 0) is 20.3 Å². The Morgan fingerprint density at radius 1 is 1.19 bits per heavy atom. The van der Waals surface area contributed by atoms with Crippen molar-refractivity contribution in [1.82, 2.24) is 10.6 Å². The predicted molar refractivity (Wildman–Crippen MR) is 70.4 cm³/mol. The van der Waals surface area contributed by atoms with Gasteiger partial charge in [0.1, 0.15) is 12.1 Å². The summed E-state index contributed by atoms with van der Waals surface area (Å²) in [6.45, 7) is 3.20. The third kappa shape index (κ3) is 7.75. The average Bonchev–Trinajstić information content (AvgIpc) is 2.42. The highest BCUT2D eigenvalue weighted by Gasteiger charge is 2.23. The van der Waals surface area contributed by atoms with Crippen molar-refractivity contribution in [3.8, 4) is 0 Å². The lowest BCUT2D eigenvalue weighted by Gasteiger charge is -2.17. The van der Waals surface area contributed by atoms with Gasteiger partial charge in [-0.3, -0.25) is 4.79 Å². The topological polar surface area (TPSA) is 131 Å². The maximum absolute atomic E-state index is 11.6. The Bertz CT molecular complexity index is 397. The largest absolute Gasteiger partial charge is 0.480 e. The van der Waals surface area contributed by atoms with Crippen molar-refractivity contribution in [2.75, 3.05) is 13.7 Å². The smallest absolute Gasteiger partial charge is 0.328 e. The quantitative estimate of drug-likeness (QED) is 0.522. The van der Waals surface area contributed by atoms with E-state index in [0.717, 1.165) is 0 Å². The Hall–Kier alpha value is -2.32. The van der Waals surface area contributed by atoms with Crippen LogP contribution in [0.15, 0.2) is 0 Å². The van der Waals surface area contributed by atoms with Crippen molar-refractivity contribution >= 4 is 23.9 Å². The molecule has 0 heterocycles. The molecule has 0 aromatic heterocycles. The molecule has 0 spiro atoms. The Balaban J connectivity index is 4.38. The number of carboxylic acid groups (broad SMARTS) is 1. The Morgan fingerprint density at radius 2 is 1.81 bits per heavy atom. The van der Waals surface area contributed by atoms with Crippen LogP contribution in [0, 0.1) is 0 Å². The molecule has 9 nitrogen and oxygen atoms in total. The summed E-state index contributed by atoms with van der Waals surface area (Å²) in [5.74, 6) is -2.50. The third-order valence-electron chi connectivity index (χ3n) is 2.46. The molecule has 0 aliphatic rings. The molecule has 2 atom stereocenters. The minimum Gasteiger partial charge on any atom is -0.480 e. The molecule has 1 unspecified atom stereocenters. The van der Waals surface area contributed by atoms with Gasteiger partial charge in [0.2, 0.25) is 0 Å². The molecule has 0 fully saturated rings. The van der Waals surface area contributed by atoms with Crippen LogP contribution in [-0.2, 0) is 23.9 Å². The second kappa shape index (κ2) is 9.56. The van der Waals surface area contributed by atoms with E-state index in [1.165, 1.54) is 14.0 Å². The maximum atomic E-state index is 11.6. The number of carboxylic acids is 1. The fourth-order valence-corrected chi connectivity index (χ4v) is 1.34. The van der Waals surface area contributed by atoms with Crippen molar-refractivity contribution in [3.63, 3.8) is 0 Å². The summed E-state index contributed by atoms with van der Waals surface area (Å²) < 4.78 is 9.08.